The van der Waals surface area contributed by atoms with Crippen LogP contribution in [-0.4, -0.2) is 17.1 Å². The third kappa shape index (κ3) is 2.52. The Hall–Kier alpha value is -1.29. The van der Waals surface area contributed by atoms with Gasteiger partial charge in [0.15, 0.2) is 0 Å². The van der Waals surface area contributed by atoms with Crippen LogP contribution in [-0.2, 0) is 6.54 Å². The van der Waals surface area contributed by atoms with Gasteiger partial charge in [0.2, 0.25) is 0 Å². The van der Waals surface area contributed by atoms with Gasteiger partial charge in [0.25, 0.3) is 0 Å². The van der Waals surface area contributed by atoms with E-state index in [0.29, 0.717) is 24.3 Å². The molecule has 94 valence electrons. The van der Waals surface area contributed by atoms with Crippen molar-refractivity contribution in [2.45, 2.75) is 39.3 Å². The molecule has 1 heterocycles. The van der Waals surface area contributed by atoms with Gasteiger partial charge in [-0.15, -0.1) is 0 Å². The second-order valence-electron chi connectivity index (χ2n) is 4.96. The summed E-state index contributed by atoms with van der Waals surface area (Å²) in [7, 11) is 0. The molecule has 1 saturated carbocycles. The first-order chi connectivity index (χ1) is 8.09. The Morgan fingerprint density at radius 2 is 2.29 bits per heavy atom. The van der Waals surface area contributed by atoms with Crippen LogP contribution in [0.25, 0.3) is 0 Å². The summed E-state index contributed by atoms with van der Waals surface area (Å²) in [6, 6.07) is 1.97. The SMILES string of the molecule is CC1CCC(NCc2occc2C(=O)O)C1C. The standard InChI is InChI=1S/C13H19NO3/c1-8-3-4-11(9(8)2)14-7-12-10(13(15)16)5-6-17-12/h5-6,8-9,11,14H,3-4,7H2,1-2H3,(H,15,16). The third-order valence-corrected chi connectivity index (χ3v) is 3.97. The zero-order valence-electron chi connectivity index (χ0n) is 10.3. The lowest BCUT2D eigenvalue weighted by Gasteiger charge is -2.19. The van der Waals surface area contributed by atoms with Crippen molar-refractivity contribution in [3.8, 4) is 0 Å². The Balaban J connectivity index is 1.94. The molecule has 4 nitrogen and oxygen atoms in total. The van der Waals surface area contributed by atoms with Gasteiger partial charge < -0.3 is 14.8 Å². The normalized spacial score (nSPS) is 28.5. The molecule has 4 heteroatoms. The van der Waals surface area contributed by atoms with Crippen LogP contribution in [0.1, 0.15) is 42.8 Å². The lowest BCUT2D eigenvalue weighted by atomic mass is 9.98. The van der Waals surface area contributed by atoms with Gasteiger partial charge in [-0.05, 0) is 30.7 Å². The number of hydrogen-bond acceptors (Lipinski definition) is 3. The summed E-state index contributed by atoms with van der Waals surface area (Å²) >= 11 is 0. The Bertz CT molecular complexity index is 399. The molecule has 0 aliphatic heterocycles. The molecule has 3 atom stereocenters. The highest BCUT2D eigenvalue weighted by Crippen LogP contribution is 2.31. The number of furan rings is 1. The van der Waals surface area contributed by atoms with E-state index in [4.69, 9.17) is 9.52 Å². The maximum Gasteiger partial charge on any atom is 0.339 e. The van der Waals surface area contributed by atoms with Crippen molar-refractivity contribution < 1.29 is 14.3 Å². The van der Waals surface area contributed by atoms with E-state index in [-0.39, 0.29) is 5.56 Å². The van der Waals surface area contributed by atoms with Gasteiger partial charge in [-0.25, -0.2) is 4.79 Å². The highest BCUT2D eigenvalue weighted by Gasteiger charge is 2.29. The van der Waals surface area contributed by atoms with Crippen molar-refractivity contribution >= 4 is 5.97 Å². The molecule has 1 aromatic rings. The van der Waals surface area contributed by atoms with E-state index in [1.165, 1.54) is 18.8 Å². The smallest absolute Gasteiger partial charge is 0.339 e. The van der Waals surface area contributed by atoms with E-state index in [0.717, 1.165) is 12.3 Å². The number of carbonyl (C=O) groups is 1. The second kappa shape index (κ2) is 4.92. The second-order valence-corrected chi connectivity index (χ2v) is 4.96. The van der Waals surface area contributed by atoms with Crippen LogP contribution in [0.2, 0.25) is 0 Å². The van der Waals surface area contributed by atoms with Crippen molar-refractivity contribution in [2.75, 3.05) is 0 Å². The average molecular weight is 237 g/mol. The minimum absolute atomic E-state index is 0.260. The van der Waals surface area contributed by atoms with Crippen molar-refractivity contribution in [3.63, 3.8) is 0 Å². The van der Waals surface area contributed by atoms with E-state index >= 15 is 0 Å². The summed E-state index contributed by atoms with van der Waals surface area (Å²) < 4.78 is 5.20. The van der Waals surface area contributed by atoms with E-state index in [1.54, 1.807) is 0 Å². The summed E-state index contributed by atoms with van der Waals surface area (Å²) in [6.45, 7) is 5.01. The highest BCUT2D eigenvalue weighted by molar-refractivity contribution is 5.88. The van der Waals surface area contributed by atoms with E-state index < -0.39 is 5.97 Å². The Kier molecular flexibility index (Phi) is 3.52. The molecule has 0 amide bonds. The molecule has 2 rings (SSSR count). The molecule has 1 fully saturated rings. The molecule has 1 aromatic heterocycles. The number of aromatic carboxylic acids is 1. The molecular formula is C13H19NO3. The summed E-state index contributed by atoms with van der Waals surface area (Å²) in [6.07, 6.45) is 3.83. The van der Waals surface area contributed by atoms with Crippen molar-refractivity contribution in [2.24, 2.45) is 11.8 Å². The fraction of sp³-hybridized carbons (Fsp3) is 0.615. The summed E-state index contributed by atoms with van der Waals surface area (Å²) in [4.78, 5) is 10.9. The Morgan fingerprint density at radius 3 is 2.88 bits per heavy atom. The minimum atomic E-state index is -0.927. The van der Waals surface area contributed by atoms with Gasteiger partial charge in [-0.1, -0.05) is 13.8 Å². The van der Waals surface area contributed by atoms with E-state index in [9.17, 15) is 4.79 Å². The minimum Gasteiger partial charge on any atom is -0.478 e. The quantitative estimate of drug-likeness (QED) is 0.844. The predicted octanol–water partition coefficient (Wildman–Crippen LogP) is 2.50. The maximum absolute atomic E-state index is 10.9. The molecule has 0 spiro atoms. The van der Waals surface area contributed by atoms with Gasteiger partial charge in [0.1, 0.15) is 11.3 Å². The number of rotatable bonds is 4. The summed E-state index contributed by atoms with van der Waals surface area (Å²) in [5.74, 6) is 0.967. The molecule has 0 radical (unpaired) electrons. The first kappa shape index (κ1) is 12.2. The molecule has 17 heavy (non-hydrogen) atoms. The fourth-order valence-electron chi connectivity index (χ4n) is 2.54. The molecule has 3 unspecified atom stereocenters. The first-order valence-corrected chi connectivity index (χ1v) is 6.12. The van der Waals surface area contributed by atoms with Crippen molar-refractivity contribution in [1.82, 2.24) is 5.32 Å². The largest absolute Gasteiger partial charge is 0.478 e. The topological polar surface area (TPSA) is 62.5 Å². The lowest BCUT2D eigenvalue weighted by Crippen LogP contribution is -2.32. The molecule has 2 N–H and O–H groups in total. The van der Waals surface area contributed by atoms with Gasteiger partial charge in [-0.3, -0.25) is 0 Å². The van der Waals surface area contributed by atoms with E-state index in [2.05, 4.69) is 19.2 Å². The fourth-order valence-corrected chi connectivity index (χ4v) is 2.54. The van der Waals surface area contributed by atoms with Crippen LogP contribution in [0, 0.1) is 11.8 Å². The number of hydrogen-bond donors (Lipinski definition) is 2. The lowest BCUT2D eigenvalue weighted by molar-refractivity contribution is 0.0694. The van der Waals surface area contributed by atoms with Crippen molar-refractivity contribution in [3.05, 3.63) is 23.7 Å². The van der Waals surface area contributed by atoms with Crippen LogP contribution in [0.4, 0.5) is 0 Å². The predicted molar refractivity (Wildman–Crippen MR) is 63.9 cm³/mol. The Morgan fingerprint density at radius 1 is 1.53 bits per heavy atom. The zero-order valence-corrected chi connectivity index (χ0v) is 10.3. The molecular weight excluding hydrogens is 218 g/mol. The van der Waals surface area contributed by atoms with Gasteiger partial charge >= 0.3 is 5.97 Å². The molecule has 0 bridgehead atoms. The number of carboxylic acids is 1. The van der Waals surface area contributed by atoms with Crippen LogP contribution in [0.5, 0.6) is 0 Å². The highest BCUT2D eigenvalue weighted by atomic mass is 16.4. The molecule has 0 aromatic carbocycles. The van der Waals surface area contributed by atoms with Gasteiger partial charge in [0.05, 0.1) is 12.8 Å². The number of nitrogens with one attached hydrogen (secondary N) is 1. The Labute approximate surface area is 101 Å². The average Bonchev–Trinajstić information content (AvgIpc) is 2.86. The van der Waals surface area contributed by atoms with Gasteiger partial charge in [0, 0.05) is 6.04 Å². The first-order valence-electron chi connectivity index (χ1n) is 6.12. The van der Waals surface area contributed by atoms with Crippen LogP contribution in [0.3, 0.4) is 0 Å². The zero-order chi connectivity index (χ0) is 12.4. The third-order valence-electron chi connectivity index (χ3n) is 3.97. The van der Waals surface area contributed by atoms with Crippen molar-refractivity contribution in [1.29, 1.82) is 0 Å². The molecule has 1 aliphatic carbocycles. The maximum atomic E-state index is 10.9. The molecule has 0 saturated heterocycles. The van der Waals surface area contributed by atoms with Crippen LogP contribution >= 0.6 is 0 Å². The summed E-state index contributed by atoms with van der Waals surface area (Å²) in [5.41, 5.74) is 0.260. The van der Waals surface area contributed by atoms with Gasteiger partial charge in [-0.2, -0.15) is 0 Å². The molecule has 1 aliphatic rings. The van der Waals surface area contributed by atoms with E-state index in [1.807, 2.05) is 0 Å². The monoisotopic (exact) mass is 237 g/mol. The van der Waals surface area contributed by atoms with Crippen LogP contribution in [0.15, 0.2) is 16.7 Å². The summed E-state index contributed by atoms with van der Waals surface area (Å²) in [5, 5.41) is 12.4. The van der Waals surface area contributed by atoms with Crippen LogP contribution < -0.4 is 5.32 Å². The number of carboxylic acid groups (broad SMARTS) is 1.